The molecule has 2 amide bonds. The van der Waals surface area contributed by atoms with Crippen molar-refractivity contribution in [2.24, 2.45) is 16.6 Å². The number of benzene rings is 1. The Bertz CT molecular complexity index is 673. The van der Waals surface area contributed by atoms with Crippen molar-refractivity contribution in [1.82, 2.24) is 10.2 Å². The Morgan fingerprint density at radius 1 is 1.31 bits per heavy atom. The zero-order chi connectivity index (χ0) is 19.3. The van der Waals surface area contributed by atoms with Crippen molar-refractivity contribution in [2.45, 2.75) is 51.6 Å². The summed E-state index contributed by atoms with van der Waals surface area (Å²) in [6.45, 7) is 6.34. The number of nitrogens with two attached hydrogens (primary N) is 1. The molecule has 0 radical (unpaired) electrons. The highest BCUT2D eigenvalue weighted by Crippen LogP contribution is 2.39. The molecule has 0 spiro atoms. The van der Waals surface area contributed by atoms with E-state index in [1.807, 2.05) is 51.1 Å². The van der Waals surface area contributed by atoms with Crippen molar-refractivity contribution in [1.29, 1.82) is 0 Å². The predicted octanol–water partition coefficient (Wildman–Crippen LogP) is 2.52. The highest BCUT2D eigenvalue weighted by molar-refractivity contribution is 6.11. The lowest BCUT2D eigenvalue weighted by atomic mass is 9.82. The topological polar surface area (TPSA) is 108 Å². The van der Waals surface area contributed by atoms with Crippen molar-refractivity contribution in [3.8, 4) is 0 Å². The molecule has 1 heterocycles. The van der Waals surface area contributed by atoms with Crippen LogP contribution in [0.1, 0.15) is 45.6 Å². The van der Waals surface area contributed by atoms with Gasteiger partial charge in [0, 0.05) is 12.6 Å². The third-order valence-electron chi connectivity index (χ3n) is 4.37. The molecule has 0 aromatic heterocycles. The van der Waals surface area contributed by atoms with E-state index in [9.17, 15) is 9.59 Å². The van der Waals surface area contributed by atoms with Crippen LogP contribution < -0.4 is 11.1 Å². The molecule has 4 N–H and O–H groups in total. The van der Waals surface area contributed by atoms with Gasteiger partial charge in [-0.2, -0.15) is 0 Å². The van der Waals surface area contributed by atoms with E-state index in [1.54, 1.807) is 0 Å². The molecule has 7 nitrogen and oxygen atoms in total. The van der Waals surface area contributed by atoms with Crippen LogP contribution in [0.3, 0.4) is 0 Å². The summed E-state index contributed by atoms with van der Waals surface area (Å²) in [5.74, 6) is 0.112. The van der Waals surface area contributed by atoms with E-state index in [1.165, 1.54) is 4.90 Å². The Morgan fingerprint density at radius 3 is 2.50 bits per heavy atom. The highest BCUT2D eigenvalue weighted by atomic mass is 16.4. The fraction of sp³-hybridized carbons (Fsp3) is 0.526. The van der Waals surface area contributed by atoms with Crippen LogP contribution in [0.2, 0.25) is 0 Å². The number of rotatable bonds is 7. The number of hydrogen-bond acceptors (Lipinski definition) is 4. The number of guanidine groups is 1. The van der Waals surface area contributed by atoms with Crippen LogP contribution in [0.25, 0.3) is 0 Å². The summed E-state index contributed by atoms with van der Waals surface area (Å²) < 4.78 is 0. The summed E-state index contributed by atoms with van der Waals surface area (Å²) >= 11 is 0. The molecule has 7 heteroatoms. The SMILES string of the molecule is CC(C)C[C@]1(c2ccccc2)N=C(NC(=O)O)N(CCCC(C)N)C1=O. The van der Waals surface area contributed by atoms with Crippen molar-refractivity contribution in [3.63, 3.8) is 0 Å². The average molecular weight is 360 g/mol. The Kier molecular flexibility index (Phi) is 6.37. The normalized spacial score (nSPS) is 21.0. The number of nitrogens with zero attached hydrogens (tertiary/aromatic N) is 2. The quantitative estimate of drug-likeness (QED) is 0.694. The lowest BCUT2D eigenvalue weighted by molar-refractivity contribution is -0.132. The predicted molar refractivity (Wildman–Crippen MR) is 101 cm³/mol. The number of aliphatic imine (C=N–C) groups is 1. The number of carbonyl (C=O) groups excluding carboxylic acids is 1. The van der Waals surface area contributed by atoms with Gasteiger partial charge >= 0.3 is 6.09 Å². The van der Waals surface area contributed by atoms with E-state index >= 15 is 0 Å². The second kappa shape index (κ2) is 8.31. The molecule has 2 rings (SSSR count). The van der Waals surface area contributed by atoms with Crippen LogP contribution in [0, 0.1) is 5.92 Å². The molecule has 0 fully saturated rings. The number of nitrogens with one attached hydrogen (secondary N) is 1. The van der Waals surface area contributed by atoms with Gasteiger partial charge in [0.1, 0.15) is 0 Å². The molecule has 142 valence electrons. The molecule has 26 heavy (non-hydrogen) atoms. The summed E-state index contributed by atoms with van der Waals surface area (Å²) in [6, 6.07) is 9.37. The Morgan fingerprint density at radius 2 is 1.96 bits per heavy atom. The van der Waals surface area contributed by atoms with Crippen LogP contribution in [0.15, 0.2) is 35.3 Å². The Balaban J connectivity index is 2.42. The van der Waals surface area contributed by atoms with Gasteiger partial charge in [0.25, 0.3) is 5.91 Å². The molecule has 0 bridgehead atoms. The van der Waals surface area contributed by atoms with Gasteiger partial charge in [-0.3, -0.25) is 15.0 Å². The van der Waals surface area contributed by atoms with Crippen LogP contribution in [-0.4, -0.2) is 40.6 Å². The molecule has 1 aromatic carbocycles. The first-order valence-electron chi connectivity index (χ1n) is 8.99. The Hall–Kier alpha value is -2.41. The molecule has 0 aliphatic carbocycles. The van der Waals surface area contributed by atoms with Crippen molar-refractivity contribution < 1.29 is 14.7 Å². The minimum Gasteiger partial charge on any atom is -0.465 e. The first-order valence-corrected chi connectivity index (χ1v) is 8.99. The van der Waals surface area contributed by atoms with Gasteiger partial charge in [-0.1, -0.05) is 44.2 Å². The third kappa shape index (κ3) is 4.40. The van der Waals surface area contributed by atoms with Gasteiger partial charge in [-0.25, -0.2) is 9.79 Å². The van der Waals surface area contributed by atoms with Crippen molar-refractivity contribution in [2.75, 3.05) is 6.54 Å². The maximum atomic E-state index is 13.4. The second-order valence-corrected chi connectivity index (χ2v) is 7.27. The smallest absolute Gasteiger partial charge is 0.411 e. The standard InChI is InChI=1S/C19H28N4O3/c1-13(2)12-19(15-9-5-4-6-10-15)16(24)23(11-7-8-14(3)20)17(22-19)21-18(25)26/h4-6,9-10,13-14H,7-8,11-12,20H2,1-3H3,(H,21,22)(H,25,26)/t14?,19-/m1/s1. The summed E-state index contributed by atoms with van der Waals surface area (Å²) in [5.41, 5.74) is 5.47. The zero-order valence-electron chi connectivity index (χ0n) is 15.6. The zero-order valence-corrected chi connectivity index (χ0v) is 15.6. The molecular weight excluding hydrogens is 332 g/mol. The monoisotopic (exact) mass is 360 g/mol. The minimum absolute atomic E-state index is 0.0232. The second-order valence-electron chi connectivity index (χ2n) is 7.27. The van der Waals surface area contributed by atoms with E-state index in [-0.39, 0.29) is 23.8 Å². The van der Waals surface area contributed by atoms with E-state index in [4.69, 9.17) is 10.8 Å². The van der Waals surface area contributed by atoms with Gasteiger partial charge in [0.05, 0.1) is 0 Å². The maximum absolute atomic E-state index is 13.4. The summed E-state index contributed by atoms with van der Waals surface area (Å²) in [4.78, 5) is 30.6. The fourth-order valence-electron chi connectivity index (χ4n) is 3.32. The first kappa shape index (κ1) is 19.9. The molecule has 1 aliphatic rings. The third-order valence-corrected chi connectivity index (χ3v) is 4.37. The van der Waals surface area contributed by atoms with E-state index < -0.39 is 11.6 Å². The van der Waals surface area contributed by atoms with Crippen molar-refractivity contribution in [3.05, 3.63) is 35.9 Å². The molecule has 1 aromatic rings. The van der Waals surface area contributed by atoms with Gasteiger partial charge in [-0.05, 0) is 37.7 Å². The first-order chi connectivity index (χ1) is 12.3. The molecule has 0 saturated heterocycles. The maximum Gasteiger partial charge on any atom is 0.411 e. The Labute approximate surface area is 154 Å². The largest absolute Gasteiger partial charge is 0.465 e. The molecule has 1 unspecified atom stereocenters. The van der Waals surface area contributed by atoms with Crippen LogP contribution in [0.4, 0.5) is 4.79 Å². The van der Waals surface area contributed by atoms with Crippen LogP contribution >= 0.6 is 0 Å². The fourth-order valence-corrected chi connectivity index (χ4v) is 3.32. The van der Waals surface area contributed by atoms with Gasteiger partial charge in [-0.15, -0.1) is 0 Å². The average Bonchev–Trinajstić information content (AvgIpc) is 2.80. The number of hydrogen-bond donors (Lipinski definition) is 3. The molecule has 1 aliphatic heterocycles. The molecular formula is C19H28N4O3. The van der Waals surface area contributed by atoms with Gasteiger partial charge in [0.2, 0.25) is 5.96 Å². The lowest BCUT2D eigenvalue weighted by Gasteiger charge is -2.28. The van der Waals surface area contributed by atoms with Gasteiger partial charge < -0.3 is 10.8 Å². The summed E-state index contributed by atoms with van der Waals surface area (Å²) in [7, 11) is 0. The van der Waals surface area contributed by atoms with Gasteiger partial charge in [0.15, 0.2) is 5.54 Å². The van der Waals surface area contributed by atoms with E-state index in [2.05, 4.69) is 10.3 Å². The molecule has 0 saturated carbocycles. The number of amides is 2. The van der Waals surface area contributed by atoms with E-state index in [0.29, 0.717) is 19.4 Å². The minimum atomic E-state index is -1.23. The number of carbonyl (C=O) groups is 2. The highest BCUT2D eigenvalue weighted by Gasteiger charge is 2.50. The lowest BCUT2D eigenvalue weighted by Crippen LogP contribution is -2.46. The van der Waals surface area contributed by atoms with Crippen LogP contribution in [0.5, 0.6) is 0 Å². The summed E-state index contributed by atoms with van der Waals surface area (Å²) in [5, 5.41) is 11.5. The number of carboxylic acid groups (broad SMARTS) is 1. The van der Waals surface area contributed by atoms with Crippen LogP contribution in [-0.2, 0) is 10.3 Å². The molecule has 2 atom stereocenters. The van der Waals surface area contributed by atoms with Crippen molar-refractivity contribution >= 4 is 18.0 Å². The van der Waals surface area contributed by atoms with E-state index in [0.717, 1.165) is 12.0 Å². The summed E-state index contributed by atoms with van der Waals surface area (Å²) in [6.07, 6.45) is 0.690.